The summed E-state index contributed by atoms with van der Waals surface area (Å²) in [6.45, 7) is 7.46. The minimum Gasteiger partial charge on any atom is -0.399 e. The van der Waals surface area contributed by atoms with Crippen molar-refractivity contribution >= 4 is 70.8 Å². The van der Waals surface area contributed by atoms with Gasteiger partial charge in [-0.15, -0.1) is 5.11 Å². The van der Waals surface area contributed by atoms with Crippen LogP contribution in [0.1, 0.15) is 22.3 Å². The molecule has 5 aromatic rings. The smallest absolute Gasteiger partial charge is 0.296 e. The molecule has 0 spiro atoms. The molecule has 0 aromatic heterocycles. The molecule has 0 aliphatic heterocycles. The first-order valence-electron chi connectivity index (χ1n) is 13.9. The topological polar surface area (TPSA) is 209 Å². The average molecular weight is 672 g/mol. The van der Waals surface area contributed by atoms with Crippen LogP contribution in [0.3, 0.4) is 0 Å². The van der Waals surface area contributed by atoms with E-state index in [0.717, 1.165) is 40.6 Å². The van der Waals surface area contributed by atoms with Gasteiger partial charge >= 0.3 is 0 Å². The van der Waals surface area contributed by atoms with Gasteiger partial charge in [0.15, 0.2) is 0 Å². The minimum absolute atomic E-state index is 0.00205. The first kappa shape index (κ1) is 33.2. The third-order valence-electron chi connectivity index (χ3n) is 7.23. The van der Waals surface area contributed by atoms with Crippen LogP contribution in [0.4, 0.5) is 39.8 Å². The van der Waals surface area contributed by atoms with E-state index in [1.807, 2.05) is 39.0 Å². The van der Waals surface area contributed by atoms with Gasteiger partial charge in [-0.2, -0.15) is 42.4 Å². The molecule has 0 amide bonds. The van der Waals surface area contributed by atoms with E-state index in [0.29, 0.717) is 34.0 Å². The molecule has 240 valence electrons. The molecule has 0 atom stereocenters. The van der Waals surface area contributed by atoms with Crippen molar-refractivity contribution in [2.24, 2.45) is 30.7 Å². The highest BCUT2D eigenvalue weighted by Gasteiger charge is 2.21. The number of nitrogens with zero attached hydrogens (tertiary/aromatic N) is 6. The maximum Gasteiger partial charge on any atom is 0.296 e. The summed E-state index contributed by atoms with van der Waals surface area (Å²) in [4.78, 5) is -1.03. The summed E-state index contributed by atoms with van der Waals surface area (Å²) in [5.41, 5.74) is 12.5. The van der Waals surface area contributed by atoms with Crippen LogP contribution in [0.25, 0.3) is 10.8 Å². The van der Waals surface area contributed by atoms with Crippen molar-refractivity contribution in [2.45, 2.75) is 37.5 Å². The Hall–Kier alpha value is -5.22. The molecule has 47 heavy (non-hydrogen) atoms. The van der Waals surface area contributed by atoms with Crippen molar-refractivity contribution < 1.29 is 25.9 Å². The Bertz CT molecular complexity index is 2370. The molecule has 0 unspecified atom stereocenters. The van der Waals surface area contributed by atoms with Gasteiger partial charge < -0.3 is 5.73 Å². The maximum absolute atomic E-state index is 12.1. The van der Waals surface area contributed by atoms with Crippen LogP contribution in [0, 0.1) is 27.7 Å². The molecule has 0 radical (unpaired) electrons. The van der Waals surface area contributed by atoms with Crippen LogP contribution in [0.5, 0.6) is 0 Å². The lowest BCUT2D eigenvalue weighted by Gasteiger charge is -2.08. The summed E-state index contributed by atoms with van der Waals surface area (Å²) in [5, 5.41) is 25.7. The minimum atomic E-state index is -4.76. The molecule has 0 fully saturated rings. The van der Waals surface area contributed by atoms with Crippen molar-refractivity contribution in [1.82, 2.24) is 0 Å². The fourth-order valence-corrected chi connectivity index (χ4v) is 6.01. The maximum atomic E-state index is 12.1. The first-order chi connectivity index (χ1) is 22.1. The predicted octanol–water partition coefficient (Wildman–Crippen LogP) is 9.40. The van der Waals surface area contributed by atoms with E-state index in [9.17, 15) is 25.9 Å². The molecule has 0 saturated heterocycles. The van der Waals surface area contributed by atoms with Crippen molar-refractivity contribution in [3.05, 3.63) is 101 Å². The number of benzene rings is 5. The summed E-state index contributed by atoms with van der Waals surface area (Å²) in [5.74, 6) is 0. The van der Waals surface area contributed by atoms with Crippen LogP contribution >= 0.6 is 0 Å². The summed E-state index contributed by atoms with van der Waals surface area (Å²) in [7, 11) is -9.40. The molecule has 5 rings (SSSR count). The second-order valence-corrected chi connectivity index (χ2v) is 13.6. The Morgan fingerprint density at radius 1 is 0.511 bits per heavy atom. The van der Waals surface area contributed by atoms with Gasteiger partial charge in [0.25, 0.3) is 20.2 Å². The third-order valence-corrected chi connectivity index (χ3v) is 9.03. The second-order valence-electron chi connectivity index (χ2n) is 10.8. The lowest BCUT2D eigenvalue weighted by molar-refractivity contribution is 0.482. The van der Waals surface area contributed by atoms with Gasteiger partial charge in [0.2, 0.25) is 0 Å². The highest BCUT2D eigenvalue weighted by atomic mass is 32.2. The molecule has 13 nitrogen and oxygen atoms in total. The van der Waals surface area contributed by atoms with Gasteiger partial charge in [0.05, 0.1) is 28.4 Å². The van der Waals surface area contributed by atoms with Gasteiger partial charge in [-0.25, -0.2) is 0 Å². The van der Waals surface area contributed by atoms with Gasteiger partial charge in [-0.05, 0) is 122 Å². The number of fused-ring (bicyclic) bond motifs is 1. The van der Waals surface area contributed by atoms with E-state index < -0.39 is 30.0 Å². The second kappa shape index (κ2) is 12.9. The van der Waals surface area contributed by atoms with E-state index in [1.165, 1.54) is 12.1 Å². The normalized spacial score (nSPS) is 12.6. The van der Waals surface area contributed by atoms with Crippen LogP contribution in [0.15, 0.2) is 119 Å². The number of azo groups is 3. The fourth-order valence-electron chi connectivity index (χ4n) is 4.66. The zero-order chi connectivity index (χ0) is 34.1. The van der Waals surface area contributed by atoms with E-state index in [2.05, 4.69) is 30.7 Å². The first-order valence-corrected chi connectivity index (χ1v) is 16.8. The molecule has 0 heterocycles. The Morgan fingerprint density at radius 2 is 1.02 bits per heavy atom. The molecular formula is C32H29N7O6S2. The quantitative estimate of drug-likeness (QED) is 0.0825. The SMILES string of the molecule is Cc1cc(N=Nc2ccc(N=Nc3ccc(N=Nc4cc5c(S(=O)(=O)O)cccc5cc4S(=O)(=O)O)c(C)c3)c(C)c2)c(C)cc1N. The molecule has 0 saturated carbocycles. The van der Waals surface area contributed by atoms with Crippen LogP contribution < -0.4 is 5.73 Å². The third kappa shape index (κ3) is 7.61. The van der Waals surface area contributed by atoms with Crippen LogP contribution in [-0.2, 0) is 20.2 Å². The Kier molecular flexibility index (Phi) is 9.09. The molecule has 0 aliphatic carbocycles. The van der Waals surface area contributed by atoms with E-state index in [1.54, 1.807) is 37.3 Å². The van der Waals surface area contributed by atoms with Gasteiger partial charge in [-0.3, -0.25) is 9.11 Å². The Labute approximate surface area is 271 Å². The number of nitrogens with two attached hydrogens (primary N) is 1. The van der Waals surface area contributed by atoms with Gasteiger partial charge in [-0.1, -0.05) is 12.1 Å². The number of rotatable bonds is 8. The van der Waals surface area contributed by atoms with Gasteiger partial charge in [0, 0.05) is 11.1 Å². The van der Waals surface area contributed by atoms with Crippen LogP contribution in [0.2, 0.25) is 0 Å². The van der Waals surface area contributed by atoms with Crippen LogP contribution in [-0.4, -0.2) is 25.9 Å². The number of nitrogen functional groups attached to an aromatic ring is 1. The molecule has 15 heteroatoms. The van der Waals surface area contributed by atoms with E-state index >= 15 is 0 Å². The zero-order valence-electron chi connectivity index (χ0n) is 25.6. The van der Waals surface area contributed by atoms with Crippen molar-refractivity contribution in [3.8, 4) is 0 Å². The van der Waals surface area contributed by atoms with Gasteiger partial charge in [0.1, 0.15) is 15.5 Å². The molecule has 4 N–H and O–H groups in total. The largest absolute Gasteiger partial charge is 0.399 e. The molecule has 5 aromatic carbocycles. The van der Waals surface area contributed by atoms with Crippen molar-refractivity contribution in [1.29, 1.82) is 0 Å². The number of anilines is 1. The molecule has 0 bridgehead atoms. The van der Waals surface area contributed by atoms with E-state index in [4.69, 9.17) is 5.73 Å². The highest BCUT2D eigenvalue weighted by molar-refractivity contribution is 7.86. The molecular weight excluding hydrogens is 643 g/mol. The Morgan fingerprint density at radius 3 is 1.57 bits per heavy atom. The predicted molar refractivity (Wildman–Crippen MR) is 179 cm³/mol. The number of hydrogen-bond acceptors (Lipinski definition) is 11. The monoisotopic (exact) mass is 671 g/mol. The zero-order valence-corrected chi connectivity index (χ0v) is 27.2. The average Bonchev–Trinajstić information content (AvgIpc) is 2.99. The summed E-state index contributed by atoms with van der Waals surface area (Å²) < 4.78 is 67.4. The van der Waals surface area contributed by atoms with E-state index in [-0.39, 0.29) is 16.5 Å². The summed E-state index contributed by atoms with van der Waals surface area (Å²) in [6, 6.07) is 20.2. The lowest BCUT2D eigenvalue weighted by Crippen LogP contribution is -2.01. The standard InChI is InChI=1S/C32H29N7O6S2/c1-18-15-29(21(4)14-26(18)33)38-35-24-8-10-27(19(2)12-24)36-34-23-9-11-28(20(3)13-23)37-39-30-17-25-22(16-32(30)47(43,44)45)6-5-7-31(25)46(40,41)42/h5-17H,33H2,1-4H3,(H,40,41,42)(H,43,44,45). The Balaban J connectivity index is 1.38. The number of hydrogen-bond donors (Lipinski definition) is 3. The highest BCUT2D eigenvalue weighted by Crippen LogP contribution is 2.35. The lowest BCUT2D eigenvalue weighted by atomic mass is 10.1. The van der Waals surface area contributed by atoms with Crippen molar-refractivity contribution in [3.63, 3.8) is 0 Å². The van der Waals surface area contributed by atoms with Crippen molar-refractivity contribution in [2.75, 3.05) is 5.73 Å². The fraction of sp³-hybridized carbons (Fsp3) is 0.125. The summed E-state index contributed by atoms with van der Waals surface area (Å²) in [6.07, 6.45) is 0. The number of aryl methyl sites for hydroxylation is 4. The molecule has 0 aliphatic rings. The summed E-state index contributed by atoms with van der Waals surface area (Å²) >= 11 is 0.